The molecule has 2 saturated heterocycles. The third-order valence-corrected chi connectivity index (χ3v) is 5.89. The molecule has 0 bridgehead atoms. The maximum Gasteiger partial charge on any atom is 0.267 e. The molecule has 1 unspecified atom stereocenters. The Hall–Kier alpha value is -2.83. The molecule has 7 nitrogen and oxygen atoms in total. The highest BCUT2D eigenvalue weighted by Gasteiger charge is 2.51. The Labute approximate surface area is 157 Å². The highest BCUT2D eigenvalue weighted by molar-refractivity contribution is 5.87. The van der Waals surface area contributed by atoms with Crippen LogP contribution >= 0.6 is 0 Å². The first-order valence-corrected chi connectivity index (χ1v) is 9.43. The third kappa shape index (κ3) is 3.41. The summed E-state index contributed by atoms with van der Waals surface area (Å²) in [5.74, 6) is 0.0840. The van der Waals surface area contributed by atoms with Gasteiger partial charge in [0.1, 0.15) is 0 Å². The number of likely N-dealkylation sites (tertiary alicyclic amines) is 2. The molecule has 7 heteroatoms. The molecule has 2 fully saturated rings. The minimum absolute atomic E-state index is 0.0703. The summed E-state index contributed by atoms with van der Waals surface area (Å²) in [6.45, 7) is 2.52. The Morgan fingerprint density at radius 3 is 2.63 bits per heavy atom. The number of carbonyl (C=O) groups is 2. The molecule has 27 heavy (non-hydrogen) atoms. The summed E-state index contributed by atoms with van der Waals surface area (Å²) in [5, 5.41) is 5.06. The van der Waals surface area contributed by atoms with E-state index in [-0.39, 0.29) is 23.8 Å². The average molecular weight is 368 g/mol. The number of amides is 2. The largest absolute Gasteiger partial charge is 0.342 e. The molecule has 1 aromatic carbocycles. The number of H-pyrrole nitrogens is 2. The van der Waals surface area contributed by atoms with E-state index in [1.165, 1.54) is 11.8 Å². The van der Waals surface area contributed by atoms with Gasteiger partial charge in [0.05, 0.1) is 11.8 Å². The molecule has 0 saturated carbocycles. The normalized spacial score (nSPS) is 22.1. The molecule has 4 rings (SSSR count). The van der Waals surface area contributed by atoms with Crippen LogP contribution in [0.5, 0.6) is 0 Å². The van der Waals surface area contributed by atoms with Crippen molar-refractivity contribution < 1.29 is 9.59 Å². The standard InChI is InChI=1S/C20H24N4O3/c25-17(12-16-13-21-22-18(16)26)24-11-8-20(14-24)7-10-23(19(20)27)9-6-15-4-2-1-3-5-15/h1-5,13H,6-12,14H2,(H2,21,22,26). The van der Waals surface area contributed by atoms with E-state index in [0.29, 0.717) is 25.1 Å². The van der Waals surface area contributed by atoms with Crippen LogP contribution in [0, 0.1) is 5.41 Å². The Balaban J connectivity index is 1.36. The van der Waals surface area contributed by atoms with Crippen molar-refractivity contribution in [3.05, 3.63) is 58.0 Å². The lowest BCUT2D eigenvalue weighted by atomic mass is 9.85. The maximum absolute atomic E-state index is 13.0. The van der Waals surface area contributed by atoms with Crippen molar-refractivity contribution >= 4 is 11.8 Å². The zero-order chi connectivity index (χ0) is 18.9. The van der Waals surface area contributed by atoms with Gasteiger partial charge in [-0.1, -0.05) is 30.3 Å². The number of nitrogens with one attached hydrogen (secondary N) is 2. The molecular weight excluding hydrogens is 344 g/mol. The first-order valence-electron chi connectivity index (χ1n) is 9.43. The predicted molar refractivity (Wildman–Crippen MR) is 100 cm³/mol. The molecule has 0 aliphatic carbocycles. The topological polar surface area (TPSA) is 89.3 Å². The SMILES string of the molecule is O=C(Cc1c[nH][nH]c1=O)N1CCC2(CCN(CCc3ccccc3)C2=O)C1. The highest BCUT2D eigenvalue weighted by atomic mass is 16.2. The van der Waals surface area contributed by atoms with Gasteiger partial charge < -0.3 is 14.9 Å². The average Bonchev–Trinajstić information content (AvgIpc) is 3.37. The maximum atomic E-state index is 13.0. The molecule has 2 N–H and O–H groups in total. The monoisotopic (exact) mass is 368 g/mol. The fraction of sp³-hybridized carbons (Fsp3) is 0.450. The molecule has 142 valence electrons. The first-order chi connectivity index (χ1) is 13.1. The summed E-state index contributed by atoms with van der Waals surface area (Å²) in [4.78, 5) is 40.8. The fourth-order valence-electron chi connectivity index (χ4n) is 4.22. The van der Waals surface area contributed by atoms with Crippen LogP contribution < -0.4 is 5.56 Å². The van der Waals surface area contributed by atoms with E-state index in [9.17, 15) is 14.4 Å². The summed E-state index contributed by atoms with van der Waals surface area (Å²) < 4.78 is 0. The molecule has 1 aromatic heterocycles. The smallest absolute Gasteiger partial charge is 0.267 e. The van der Waals surface area contributed by atoms with E-state index < -0.39 is 5.41 Å². The molecular formula is C20H24N4O3. The summed E-state index contributed by atoms with van der Waals surface area (Å²) in [6.07, 6.45) is 3.96. The second-order valence-corrected chi connectivity index (χ2v) is 7.57. The van der Waals surface area contributed by atoms with E-state index in [0.717, 1.165) is 25.9 Å². The van der Waals surface area contributed by atoms with Crippen LogP contribution in [0.15, 0.2) is 41.3 Å². The number of hydrogen-bond donors (Lipinski definition) is 2. The minimum Gasteiger partial charge on any atom is -0.342 e. The lowest BCUT2D eigenvalue weighted by Crippen LogP contribution is -2.39. The van der Waals surface area contributed by atoms with Crippen LogP contribution in [0.4, 0.5) is 0 Å². The van der Waals surface area contributed by atoms with Crippen molar-refractivity contribution in [2.75, 3.05) is 26.2 Å². The number of carbonyl (C=O) groups excluding carboxylic acids is 2. The van der Waals surface area contributed by atoms with Crippen molar-refractivity contribution in [1.29, 1.82) is 0 Å². The fourth-order valence-corrected chi connectivity index (χ4v) is 4.22. The number of hydrogen-bond acceptors (Lipinski definition) is 3. The Kier molecular flexibility index (Phi) is 4.59. The molecule has 2 amide bonds. The number of benzene rings is 1. The number of aromatic amines is 2. The van der Waals surface area contributed by atoms with Gasteiger partial charge in [-0.15, -0.1) is 0 Å². The summed E-state index contributed by atoms with van der Waals surface area (Å²) in [5.41, 5.74) is 0.965. The van der Waals surface area contributed by atoms with Gasteiger partial charge in [0.2, 0.25) is 11.8 Å². The van der Waals surface area contributed by atoms with Gasteiger partial charge in [-0.3, -0.25) is 19.5 Å². The molecule has 2 aliphatic heterocycles. The Bertz CT molecular complexity index is 888. The third-order valence-electron chi connectivity index (χ3n) is 5.89. The van der Waals surface area contributed by atoms with Crippen molar-refractivity contribution in [3.63, 3.8) is 0 Å². The Morgan fingerprint density at radius 1 is 1.11 bits per heavy atom. The van der Waals surface area contributed by atoms with E-state index in [2.05, 4.69) is 22.3 Å². The van der Waals surface area contributed by atoms with Crippen LogP contribution in [-0.4, -0.2) is 58.0 Å². The molecule has 3 heterocycles. The van der Waals surface area contributed by atoms with Crippen molar-refractivity contribution in [2.45, 2.75) is 25.7 Å². The van der Waals surface area contributed by atoms with Gasteiger partial charge in [0, 0.05) is 37.9 Å². The van der Waals surface area contributed by atoms with Gasteiger partial charge in [0.15, 0.2) is 0 Å². The van der Waals surface area contributed by atoms with E-state index >= 15 is 0 Å². The van der Waals surface area contributed by atoms with Gasteiger partial charge in [-0.05, 0) is 24.8 Å². The van der Waals surface area contributed by atoms with Crippen molar-refractivity contribution in [2.24, 2.45) is 5.41 Å². The lowest BCUT2D eigenvalue weighted by molar-refractivity contribution is -0.136. The first kappa shape index (κ1) is 17.6. The second-order valence-electron chi connectivity index (χ2n) is 7.57. The van der Waals surface area contributed by atoms with Crippen molar-refractivity contribution in [1.82, 2.24) is 20.0 Å². The predicted octanol–water partition coefficient (Wildman–Crippen LogP) is 0.939. The van der Waals surface area contributed by atoms with Gasteiger partial charge in [0.25, 0.3) is 5.56 Å². The van der Waals surface area contributed by atoms with Crippen LogP contribution in [0.3, 0.4) is 0 Å². The van der Waals surface area contributed by atoms with E-state index in [4.69, 9.17) is 0 Å². The van der Waals surface area contributed by atoms with E-state index in [1.54, 1.807) is 4.90 Å². The molecule has 1 spiro atoms. The molecule has 2 aromatic rings. The van der Waals surface area contributed by atoms with Gasteiger partial charge in [-0.25, -0.2) is 0 Å². The Morgan fingerprint density at radius 2 is 1.89 bits per heavy atom. The molecule has 0 radical (unpaired) electrons. The zero-order valence-electron chi connectivity index (χ0n) is 15.2. The summed E-state index contributed by atoms with van der Waals surface area (Å²) in [6, 6.07) is 10.2. The molecule has 1 atom stereocenters. The number of aromatic nitrogens is 2. The number of rotatable bonds is 5. The molecule has 2 aliphatic rings. The highest BCUT2D eigenvalue weighted by Crippen LogP contribution is 2.40. The van der Waals surface area contributed by atoms with Crippen LogP contribution in [-0.2, 0) is 22.4 Å². The summed E-state index contributed by atoms with van der Waals surface area (Å²) >= 11 is 0. The van der Waals surface area contributed by atoms with Gasteiger partial charge in [-0.2, -0.15) is 0 Å². The van der Waals surface area contributed by atoms with Crippen LogP contribution in [0.25, 0.3) is 0 Å². The van der Waals surface area contributed by atoms with Crippen LogP contribution in [0.2, 0.25) is 0 Å². The van der Waals surface area contributed by atoms with Gasteiger partial charge >= 0.3 is 0 Å². The zero-order valence-corrected chi connectivity index (χ0v) is 15.2. The number of nitrogens with zero attached hydrogens (tertiary/aromatic N) is 2. The summed E-state index contributed by atoms with van der Waals surface area (Å²) in [7, 11) is 0. The van der Waals surface area contributed by atoms with Crippen molar-refractivity contribution in [3.8, 4) is 0 Å². The van der Waals surface area contributed by atoms with E-state index in [1.807, 2.05) is 23.1 Å². The quantitative estimate of drug-likeness (QED) is 0.823. The van der Waals surface area contributed by atoms with Crippen LogP contribution in [0.1, 0.15) is 24.0 Å². The minimum atomic E-state index is -0.434. The lowest BCUT2D eigenvalue weighted by Gasteiger charge is -2.23. The second kappa shape index (κ2) is 7.06.